The molecule has 5 nitrogen and oxygen atoms in total. The Morgan fingerprint density at radius 1 is 1.35 bits per heavy atom. The number of carbonyl (C=O) groups excluding carboxylic acids is 2. The molecule has 2 aliphatic rings. The summed E-state index contributed by atoms with van der Waals surface area (Å²) in [6.45, 7) is 2.72. The van der Waals surface area contributed by atoms with Crippen molar-refractivity contribution in [2.75, 3.05) is 13.1 Å². The van der Waals surface area contributed by atoms with Gasteiger partial charge < -0.3 is 15.0 Å². The molecule has 3 rings (SSSR count). The fourth-order valence-electron chi connectivity index (χ4n) is 2.78. The van der Waals surface area contributed by atoms with Gasteiger partial charge in [-0.25, -0.2) is 0 Å². The van der Waals surface area contributed by atoms with Crippen molar-refractivity contribution in [3.05, 3.63) is 29.8 Å². The number of nitrogens with one attached hydrogen (secondary N) is 1. The molecule has 1 fully saturated rings. The Kier molecular flexibility index (Phi) is 3.34. The maximum Gasteiger partial charge on any atom is 0.245 e. The lowest BCUT2D eigenvalue weighted by molar-refractivity contribution is -0.133. The van der Waals surface area contributed by atoms with Crippen LogP contribution >= 0.6 is 0 Å². The van der Waals surface area contributed by atoms with E-state index in [0.29, 0.717) is 19.5 Å². The summed E-state index contributed by atoms with van der Waals surface area (Å²) in [6.07, 6.45) is 1.16. The molecule has 2 aliphatic heterocycles. The minimum Gasteiger partial charge on any atom is -0.488 e. The molecule has 0 bridgehead atoms. The number of fused-ring (bicyclic) bond motifs is 1. The summed E-state index contributed by atoms with van der Waals surface area (Å²) in [5.74, 6) is 0.807. The number of carbonyl (C=O) groups is 2. The van der Waals surface area contributed by atoms with Gasteiger partial charge in [0.15, 0.2) is 0 Å². The topological polar surface area (TPSA) is 58.6 Å². The van der Waals surface area contributed by atoms with Crippen LogP contribution in [0.2, 0.25) is 0 Å². The van der Waals surface area contributed by atoms with Gasteiger partial charge in [-0.2, -0.15) is 0 Å². The molecule has 0 radical (unpaired) electrons. The number of benzene rings is 1. The van der Waals surface area contributed by atoms with Crippen molar-refractivity contribution in [3.8, 4) is 5.75 Å². The van der Waals surface area contributed by atoms with E-state index in [1.807, 2.05) is 24.3 Å². The summed E-state index contributed by atoms with van der Waals surface area (Å²) in [5.41, 5.74) is 1.18. The third kappa shape index (κ3) is 2.48. The first-order valence-corrected chi connectivity index (χ1v) is 6.96. The molecule has 0 aliphatic carbocycles. The average Bonchev–Trinajstić information content (AvgIpc) is 2.79. The average molecular weight is 274 g/mol. The van der Waals surface area contributed by atoms with Gasteiger partial charge in [0.05, 0.1) is 6.54 Å². The minimum atomic E-state index is -0.450. The quantitative estimate of drug-likeness (QED) is 0.865. The van der Waals surface area contributed by atoms with E-state index in [-0.39, 0.29) is 17.9 Å². The van der Waals surface area contributed by atoms with E-state index in [2.05, 4.69) is 5.32 Å². The first-order valence-electron chi connectivity index (χ1n) is 6.96. The number of rotatable bonds is 2. The fourth-order valence-corrected chi connectivity index (χ4v) is 2.78. The van der Waals surface area contributed by atoms with Crippen LogP contribution in [-0.2, 0) is 16.0 Å². The van der Waals surface area contributed by atoms with E-state index in [0.717, 1.165) is 12.2 Å². The summed E-state index contributed by atoms with van der Waals surface area (Å²) in [6, 6.07) is 7.49. The minimum absolute atomic E-state index is 0.0169. The fraction of sp³-hybridized carbons (Fsp3) is 0.467. The van der Waals surface area contributed by atoms with Crippen LogP contribution in [-0.4, -0.2) is 41.9 Å². The molecule has 2 amide bonds. The molecule has 2 unspecified atom stereocenters. The number of para-hydroxylation sites is 1. The molecular formula is C15H18N2O3. The SMILES string of the molecule is CC1NC(=O)CCN(CC2Cc3ccccc3O2)C1=O. The van der Waals surface area contributed by atoms with Gasteiger partial charge in [0.1, 0.15) is 17.9 Å². The lowest BCUT2D eigenvalue weighted by Crippen LogP contribution is -2.45. The van der Waals surface area contributed by atoms with Crippen molar-refractivity contribution in [3.63, 3.8) is 0 Å². The zero-order valence-corrected chi connectivity index (χ0v) is 11.5. The van der Waals surface area contributed by atoms with Gasteiger partial charge in [-0.05, 0) is 18.6 Å². The van der Waals surface area contributed by atoms with Crippen LogP contribution in [0.1, 0.15) is 18.9 Å². The summed E-state index contributed by atoms with van der Waals surface area (Å²) < 4.78 is 5.86. The van der Waals surface area contributed by atoms with Gasteiger partial charge in [-0.15, -0.1) is 0 Å². The smallest absolute Gasteiger partial charge is 0.245 e. The summed E-state index contributed by atoms with van der Waals surface area (Å²) in [4.78, 5) is 25.4. The normalized spacial score (nSPS) is 25.8. The molecule has 106 valence electrons. The Morgan fingerprint density at radius 3 is 2.95 bits per heavy atom. The molecule has 0 aromatic heterocycles. The molecule has 5 heteroatoms. The summed E-state index contributed by atoms with van der Waals surface area (Å²) in [7, 11) is 0. The lowest BCUT2D eigenvalue weighted by Gasteiger charge is -2.25. The van der Waals surface area contributed by atoms with Crippen LogP contribution in [0.4, 0.5) is 0 Å². The van der Waals surface area contributed by atoms with Gasteiger partial charge in [-0.1, -0.05) is 18.2 Å². The highest BCUT2D eigenvalue weighted by atomic mass is 16.5. The second-order valence-corrected chi connectivity index (χ2v) is 5.38. The molecule has 1 N–H and O–H groups in total. The Morgan fingerprint density at radius 2 is 2.15 bits per heavy atom. The van der Waals surface area contributed by atoms with Crippen molar-refractivity contribution in [1.82, 2.24) is 10.2 Å². The van der Waals surface area contributed by atoms with Gasteiger partial charge >= 0.3 is 0 Å². The molecule has 1 saturated heterocycles. The zero-order chi connectivity index (χ0) is 14.1. The van der Waals surface area contributed by atoms with Crippen LogP contribution in [0.5, 0.6) is 5.75 Å². The first-order chi connectivity index (χ1) is 9.63. The predicted molar refractivity (Wildman–Crippen MR) is 73.4 cm³/mol. The van der Waals surface area contributed by atoms with Crippen LogP contribution in [0, 0.1) is 0 Å². The molecule has 2 heterocycles. The van der Waals surface area contributed by atoms with Crippen molar-refractivity contribution in [2.24, 2.45) is 0 Å². The van der Waals surface area contributed by atoms with E-state index in [1.54, 1.807) is 11.8 Å². The van der Waals surface area contributed by atoms with Crippen LogP contribution in [0.25, 0.3) is 0 Å². The Hall–Kier alpha value is -2.04. The second kappa shape index (κ2) is 5.15. The summed E-state index contributed by atoms with van der Waals surface area (Å²) >= 11 is 0. The number of nitrogens with zero attached hydrogens (tertiary/aromatic N) is 1. The zero-order valence-electron chi connectivity index (χ0n) is 11.5. The highest BCUT2D eigenvalue weighted by Crippen LogP contribution is 2.28. The predicted octanol–water partition coefficient (Wildman–Crippen LogP) is 0.727. The lowest BCUT2D eigenvalue weighted by atomic mass is 10.1. The van der Waals surface area contributed by atoms with Crippen molar-refractivity contribution >= 4 is 11.8 Å². The van der Waals surface area contributed by atoms with Gasteiger partial charge in [0, 0.05) is 19.4 Å². The number of amides is 2. The molecule has 1 aromatic rings. The molecule has 0 spiro atoms. The largest absolute Gasteiger partial charge is 0.488 e. The van der Waals surface area contributed by atoms with Gasteiger partial charge in [0.25, 0.3) is 0 Å². The van der Waals surface area contributed by atoms with Crippen molar-refractivity contribution < 1.29 is 14.3 Å². The van der Waals surface area contributed by atoms with Crippen LogP contribution < -0.4 is 10.1 Å². The Labute approximate surface area is 117 Å². The van der Waals surface area contributed by atoms with Crippen LogP contribution in [0.3, 0.4) is 0 Å². The highest BCUT2D eigenvalue weighted by molar-refractivity contribution is 5.89. The monoisotopic (exact) mass is 274 g/mol. The van der Waals surface area contributed by atoms with Gasteiger partial charge in [0.2, 0.25) is 11.8 Å². The number of ether oxygens (including phenoxy) is 1. The molecule has 20 heavy (non-hydrogen) atoms. The Balaban J connectivity index is 1.66. The van der Waals surface area contributed by atoms with Crippen molar-refractivity contribution in [1.29, 1.82) is 0 Å². The second-order valence-electron chi connectivity index (χ2n) is 5.38. The molecule has 0 saturated carbocycles. The first kappa shape index (κ1) is 13.0. The maximum atomic E-state index is 12.2. The molecule has 1 aromatic carbocycles. The van der Waals surface area contributed by atoms with E-state index in [4.69, 9.17) is 4.74 Å². The van der Waals surface area contributed by atoms with E-state index in [9.17, 15) is 9.59 Å². The van der Waals surface area contributed by atoms with Crippen LogP contribution in [0.15, 0.2) is 24.3 Å². The van der Waals surface area contributed by atoms with E-state index >= 15 is 0 Å². The highest BCUT2D eigenvalue weighted by Gasteiger charge is 2.31. The Bertz CT molecular complexity index is 519. The van der Waals surface area contributed by atoms with Gasteiger partial charge in [-0.3, -0.25) is 9.59 Å². The van der Waals surface area contributed by atoms with E-state index in [1.165, 1.54) is 5.56 Å². The van der Waals surface area contributed by atoms with E-state index < -0.39 is 6.04 Å². The third-order valence-corrected chi connectivity index (χ3v) is 3.81. The molecular weight excluding hydrogens is 256 g/mol. The molecule has 2 atom stereocenters. The number of hydrogen-bond donors (Lipinski definition) is 1. The standard InChI is InChI=1S/C15H18N2O3/c1-10-15(19)17(7-6-14(18)16-10)9-12-8-11-4-2-3-5-13(11)20-12/h2-5,10,12H,6-9H2,1H3,(H,16,18). The van der Waals surface area contributed by atoms with Crippen molar-refractivity contribution in [2.45, 2.75) is 31.9 Å². The third-order valence-electron chi connectivity index (χ3n) is 3.81. The summed E-state index contributed by atoms with van der Waals surface area (Å²) in [5, 5.41) is 2.69. The maximum absolute atomic E-state index is 12.2. The number of hydrogen-bond acceptors (Lipinski definition) is 3.